The monoisotopic (exact) mass is 680 g/mol. The third-order valence-electron chi connectivity index (χ3n) is 10.0. The third-order valence-corrected chi connectivity index (χ3v) is 10.0. The van der Waals surface area contributed by atoms with E-state index in [1.54, 1.807) is 0 Å². The summed E-state index contributed by atoms with van der Waals surface area (Å²) in [6.45, 7) is 14.3. The van der Waals surface area contributed by atoms with Gasteiger partial charge in [-0.15, -0.1) is 0 Å². The first-order valence-electron chi connectivity index (χ1n) is 21.6. The average molecular weight is 680 g/mol. The van der Waals surface area contributed by atoms with Gasteiger partial charge in [-0.05, 0) is 83.8 Å². The van der Waals surface area contributed by atoms with Crippen molar-refractivity contribution in [3.8, 4) is 0 Å². The Balaban J connectivity index is 4.13. The SMILES string of the molecule is CCCCCCCCC(CCC)OC(=O)CCCN(CC)CCCCCCCC(=O)OC(CCCCCCCC)CCCCCCCC. The number of hydrogen-bond acceptors (Lipinski definition) is 5. The van der Waals surface area contributed by atoms with Crippen LogP contribution < -0.4 is 0 Å². The Morgan fingerprint density at radius 2 is 0.750 bits per heavy atom. The van der Waals surface area contributed by atoms with Crippen LogP contribution in [0.3, 0.4) is 0 Å². The van der Waals surface area contributed by atoms with Crippen molar-refractivity contribution in [1.82, 2.24) is 4.90 Å². The Morgan fingerprint density at radius 1 is 0.396 bits per heavy atom. The first-order valence-corrected chi connectivity index (χ1v) is 21.6. The minimum atomic E-state index is -0.00912. The van der Waals surface area contributed by atoms with Crippen molar-refractivity contribution in [2.45, 2.75) is 246 Å². The maximum Gasteiger partial charge on any atom is 0.306 e. The molecule has 0 amide bonds. The lowest BCUT2D eigenvalue weighted by Gasteiger charge is -2.21. The van der Waals surface area contributed by atoms with E-state index in [1.165, 1.54) is 135 Å². The molecule has 0 aromatic carbocycles. The zero-order chi connectivity index (χ0) is 35.3. The van der Waals surface area contributed by atoms with Gasteiger partial charge in [0.1, 0.15) is 12.2 Å². The van der Waals surface area contributed by atoms with Crippen LogP contribution in [0.5, 0.6) is 0 Å². The van der Waals surface area contributed by atoms with Crippen molar-refractivity contribution in [2.24, 2.45) is 0 Å². The van der Waals surface area contributed by atoms with E-state index in [0.29, 0.717) is 12.8 Å². The fourth-order valence-corrected chi connectivity index (χ4v) is 6.80. The molecule has 0 aromatic rings. The number of nitrogens with zero attached hydrogens (tertiary/aromatic N) is 1. The van der Waals surface area contributed by atoms with E-state index >= 15 is 0 Å². The smallest absolute Gasteiger partial charge is 0.306 e. The summed E-state index contributed by atoms with van der Waals surface area (Å²) in [5, 5.41) is 0. The van der Waals surface area contributed by atoms with Gasteiger partial charge in [-0.25, -0.2) is 0 Å². The molecule has 0 radical (unpaired) electrons. The van der Waals surface area contributed by atoms with Gasteiger partial charge >= 0.3 is 11.9 Å². The summed E-state index contributed by atoms with van der Waals surface area (Å²) in [5.41, 5.74) is 0. The van der Waals surface area contributed by atoms with Gasteiger partial charge in [-0.3, -0.25) is 9.59 Å². The Bertz CT molecular complexity index is 668. The zero-order valence-corrected chi connectivity index (χ0v) is 33.3. The van der Waals surface area contributed by atoms with Gasteiger partial charge in [0.15, 0.2) is 0 Å². The van der Waals surface area contributed by atoms with Crippen molar-refractivity contribution < 1.29 is 19.1 Å². The van der Waals surface area contributed by atoms with E-state index in [2.05, 4.69) is 39.5 Å². The molecule has 0 saturated heterocycles. The summed E-state index contributed by atoms with van der Waals surface area (Å²) in [4.78, 5) is 27.7. The van der Waals surface area contributed by atoms with Crippen molar-refractivity contribution in [3.63, 3.8) is 0 Å². The number of hydrogen-bond donors (Lipinski definition) is 0. The molecule has 0 aliphatic rings. The van der Waals surface area contributed by atoms with Gasteiger partial charge in [0.2, 0.25) is 0 Å². The molecule has 0 saturated carbocycles. The third kappa shape index (κ3) is 32.1. The maximum absolute atomic E-state index is 12.7. The number of rotatable bonds is 38. The van der Waals surface area contributed by atoms with Gasteiger partial charge < -0.3 is 14.4 Å². The molecule has 0 N–H and O–H groups in total. The van der Waals surface area contributed by atoms with Crippen LogP contribution in [-0.2, 0) is 19.1 Å². The minimum absolute atomic E-state index is 0.00912. The summed E-state index contributed by atoms with van der Waals surface area (Å²) < 4.78 is 11.9. The molecule has 1 atom stereocenters. The normalized spacial score (nSPS) is 12.2. The van der Waals surface area contributed by atoms with E-state index in [1.807, 2.05) is 0 Å². The van der Waals surface area contributed by atoms with E-state index in [-0.39, 0.29) is 24.1 Å². The summed E-state index contributed by atoms with van der Waals surface area (Å²) in [5.74, 6) is 0.0150. The van der Waals surface area contributed by atoms with Gasteiger partial charge in [0, 0.05) is 12.8 Å². The first-order chi connectivity index (χ1) is 23.5. The topological polar surface area (TPSA) is 55.8 Å². The highest BCUT2D eigenvalue weighted by Gasteiger charge is 2.15. The molecule has 5 nitrogen and oxygen atoms in total. The van der Waals surface area contributed by atoms with Gasteiger partial charge in [0.25, 0.3) is 0 Å². The molecule has 0 fully saturated rings. The largest absolute Gasteiger partial charge is 0.462 e. The van der Waals surface area contributed by atoms with Gasteiger partial charge in [-0.2, -0.15) is 0 Å². The van der Waals surface area contributed by atoms with Crippen molar-refractivity contribution >= 4 is 11.9 Å². The first kappa shape index (κ1) is 46.9. The number of unbranched alkanes of at least 4 members (excludes halogenated alkanes) is 19. The Morgan fingerprint density at radius 3 is 1.19 bits per heavy atom. The fraction of sp³-hybridized carbons (Fsp3) is 0.953. The molecule has 0 bridgehead atoms. The zero-order valence-electron chi connectivity index (χ0n) is 33.3. The van der Waals surface area contributed by atoms with E-state index in [4.69, 9.17) is 9.47 Å². The second-order valence-electron chi connectivity index (χ2n) is 14.7. The number of esters is 2. The molecule has 0 aliphatic carbocycles. The molecular formula is C43H85NO4. The lowest BCUT2D eigenvalue weighted by atomic mass is 10.0. The molecule has 286 valence electrons. The predicted molar refractivity (Wildman–Crippen MR) is 208 cm³/mol. The molecule has 0 heterocycles. The number of carbonyl (C=O) groups is 2. The molecular weight excluding hydrogens is 594 g/mol. The van der Waals surface area contributed by atoms with Crippen LogP contribution in [-0.4, -0.2) is 48.7 Å². The van der Waals surface area contributed by atoms with Crippen LogP contribution in [0.25, 0.3) is 0 Å². The fourth-order valence-electron chi connectivity index (χ4n) is 6.80. The average Bonchev–Trinajstić information content (AvgIpc) is 3.07. The summed E-state index contributed by atoms with van der Waals surface area (Å²) in [6, 6.07) is 0. The van der Waals surface area contributed by atoms with Gasteiger partial charge in [0.05, 0.1) is 0 Å². The Hall–Kier alpha value is -1.10. The van der Waals surface area contributed by atoms with Crippen molar-refractivity contribution in [2.75, 3.05) is 19.6 Å². The number of carbonyl (C=O) groups excluding carboxylic acids is 2. The van der Waals surface area contributed by atoms with Crippen LogP contribution >= 0.6 is 0 Å². The summed E-state index contributed by atoms with van der Waals surface area (Å²) in [6.07, 6.45) is 36.1. The Labute approximate surface area is 300 Å². The molecule has 0 aliphatic heterocycles. The standard InChI is InChI=1S/C43H85NO4/c1-6-11-14-17-21-26-33-40(32-9-4)47-43(46)37-31-39-44(10-5)38-30-25-20-24-29-36-42(45)48-41(34-27-22-18-15-12-7-2)35-28-23-19-16-13-8-3/h40-41H,6-39H2,1-5H3. The van der Waals surface area contributed by atoms with E-state index in [0.717, 1.165) is 71.0 Å². The highest BCUT2D eigenvalue weighted by Crippen LogP contribution is 2.19. The summed E-state index contributed by atoms with van der Waals surface area (Å²) in [7, 11) is 0. The van der Waals surface area contributed by atoms with Crippen LogP contribution in [0.15, 0.2) is 0 Å². The molecule has 0 spiro atoms. The quantitative estimate of drug-likeness (QED) is 0.0480. The van der Waals surface area contributed by atoms with Crippen LogP contribution in [0.2, 0.25) is 0 Å². The molecule has 0 aromatic heterocycles. The molecule has 48 heavy (non-hydrogen) atoms. The van der Waals surface area contributed by atoms with E-state index in [9.17, 15) is 9.59 Å². The minimum Gasteiger partial charge on any atom is -0.462 e. The Kier molecular flexibility index (Phi) is 36.3. The summed E-state index contributed by atoms with van der Waals surface area (Å²) >= 11 is 0. The highest BCUT2D eigenvalue weighted by molar-refractivity contribution is 5.69. The number of ether oxygens (including phenoxy) is 2. The molecule has 0 rings (SSSR count). The lowest BCUT2D eigenvalue weighted by Crippen LogP contribution is -2.26. The lowest BCUT2D eigenvalue weighted by molar-refractivity contribution is -0.151. The van der Waals surface area contributed by atoms with Crippen LogP contribution in [0.4, 0.5) is 0 Å². The van der Waals surface area contributed by atoms with Crippen molar-refractivity contribution in [3.05, 3.63) is 0 Å². The van der Waals surface area contributed by atoms with Crippen molar-refractivity contribution in [1.29, 1.82) is 0 Å². The second kappa shape index (κ2) is 37.2. The van der Waals surface area contributed by atoms with Gasteiger partial charge in [-0.1, -0.05) is 157 Å². The maximum atomic E-state index is 12.7. The van der Waals surface area contributed by atoms with Crippen LogP contribution in [0.1, 0.15) is 234 Å². The molecule has 5 heteroatoms. The van der Waals surface area contributed by atoms with E-state index < -0.39 is 0 Å². The second-order valence-corrected chi connectivity index (χ2v) is 14.7. The predicted octanol–water partition coefficient (Wildman–Crippen LogP) is 13.3. The molecule has 1 unspecified atom stereocenters. The highest BCUT2D eigenvalue weighted by atomic mass is 16.5. The van der Waals surface area contributed by atoms with Crippen LogP contribution in [0, 0.1) is 0 Å².